The predicted octanol–water partition coefficient (Wildman–Crippen LogP) is 6.63. The smallest absolute Gasteiger partial charge is 0.193 e. The number of carbonyl (C=O) groups is 1. The summed E-state index contributed by atoms with van der Waals surface area (Å²) in [5.41, 5.74) is 4.76. The van der Waals surface area contributed by atoms with Gasteiger partial charge in [-0.2, -0.15) is 0 Å². The zero-order valence-corrected chi connectivity index (χ0v) is 16.8. The molecule has 5 heteroatoms. The third-order valence-electron chi connectivity index (χ3n) is 3.71. The molecule has 2 aromatic carbocycles. The van der Waals surface area contributed by atoms with Crippen molar-refractivity contribution in [2.75, 3.05) is 0 Å². The fourth-order valence-electron chi connectivity index (χ4n) is 2.33. The van der Waals surface area contributed by atoms with Crippen LogP contribution < -0.4 is 0 Å². The van der Waals surface area contributed by atoms with Gasteiger partial charge in [0.15, 0.2) is 5.78 Å². The minimum absolute atomic E-state index is 0.0546. The van der Waals surface area contributed by atoms with E-state index in [2.05, 4.69) is 31.9 Å². The first kappa shape index (κ1) is 18.0. The highest BCUT2D eigenvalue weighted by Gasteiger charge is 2.19. The number of halogens is 4. The van der Waals surface area contributed by atoms with Crippen LogP contribution in [0.2, 0.25) is 10.0 Å². The molecule has 116 valence electrons. The molecule has 0 saturated carbocycles. The number of alkyl halides is 2. The van der Waals surface area contributed by atoms with E-state index in [1.807, 2.05) is 38.1 Å². The van der Waals surface area contributed by atoms with Crippen molar-refractivity contribution in [3.05, 3.63) is 67.7 Å². The van der Waals surface area contributed by atoms with Crippen LogP contribution in [-0.4, -0.2) is 5.78 Å². The first-order valence-corrected chi connectivity index (χ1v) is 9.64. The number of carbonyl (C=O) groups excluding carboxylic acids is 1. The van der Waals surface area contributed by atoms with Gasteiger partial charge in [0.05, 0.1) is 0 Å². The second-order valence-corrected chi connectivity index (χ2v) is 6.90. The van der Waals surface area contributed by atoms with Gasteiger partial charge in [-0.1, -0.05) is 79.3 Å². The molecule has 1 nitrogen and oxygen atoms in total. The van der Waals surface area contributed by atoms with Crippen molar-refractivity contribution in [2.45, 2.75) is 24.5 Å². The van der Waals surface area contributed by atoms with E-state index in [9.17, 15) is 4.79 Å². The van der Waals surface area contributed by atoms with E-state index in [-0.39, 0.29) is 5.78 Å². The highest BCUT2D eigenvalue weighted by Crippen LogP contribution is 2.30. The van der Waals surface area contributed by atoms with Crippen LogP contribution in [0.4, 0.5) is 0 Å². The molecule has 0 unspecified atom stereocenters. The molecule has 0 saturated heterocycles. The number of rotatable bonds is 4. The molecule has 0 aliphatic carbocycles. The largest absolute Gasteiger partial charge is 0.289 e. The van der Waals surface area contributed by atoms with Gasteiger partial charge in [-0.25, -0.2) is 0 Å². The summed E-state index contributed by atoms with van der Waals surface area (Å²) in [5.74, 6) is -0.0546. The molecule has 0 aliphatic heterocycles. The van der Waals surface area contributed by atoms with Gasteiger partial charge in [0.1, 0.15) is 0 Å². The van der Waals surface area contributed by atoms with Gasteiger partial charge >= 0.3 is 0 Å². The number of hydrogen-bond acceptors (Lipinski definition) is 1. The number of hydrogen-bond donors (Lipinski definition) is 0. The molecule has 0 fully saturated rings. The lowest BCUT2D eigenvalue weighted by atomic mass is 9.94. The van der Waals surface area contributed by atoms with Crippen LogP contribution in [0.1, 0.15) is 38.2 Å². The SMILES string of the molecule is Cc1c(C(=O)c2ccc(CBr)c(Cl)c2C)ccc(CBr)c1Cl. The molecule has 0 aliphatic rings. The van der Waals surface area contributed by atoms with Crippen LogP contribution >= 0.6 is 55.1 Å². The lowest BCUT2D eigenvalue weighted by molar-refractivity contribution is 0.103. The zero-order chi connectivity index (χ0) is 16.4. The van der Waals surface area contributed by atoms with Crippen molar-refractivity contribution in [1.29, 1.82) is 0 Å². The molecule has 0 amide bonds. The monoisotopic (exact) mass is 462 g/mol. The average molecular weight is 465 g/mol. The van der Waals surface area contributed by atoms with Crippen LogP contribution in [0.5, 0.6) is 0 Å². The zero-order valence-electron chi connectivity index (χ0n) is 12.1. The van der Waals surface area contributed by atoms with Crippen LogP contribution in [0.15, 0.2) is 24.3 Å². The summed E-state index contributed by atoms with van der Waals surface area (Å²) in [5, 5.41) is 2.57. The van der Waals surface area contributed by atoms with Crippen LogP contribution in [0.25, 0.3) is 0 Å². The second-order valence-electron chi connectivity index (χ2n) is 5.02. The minimum Gasteiger partial charge on any atom is -0.289 e. The third-order valence-corrected chi connectivity index (χ3v) is 5.97. The summed E-state index contributed by atoms with van der Waals surface area (Å²) >= 11 is 19.5. The van der Waals surface area contributed by atoms with Crippen molar-refractivity contribution in [3.8, 4) is 0 Å². The van der Waals surface area contributed by atoms with E-state index in [1.54, 1.807) is 0 Å². The standard InChI is InChI=1S/C17H14Br2Cl2O/c1-9-13(5-3-11(7-18)15(9)20)17(22)14-6-4-12(8-19)16(21)10(14)2/h3-6H,7-8H2,1-2H3. The van der Waals surface area contributed by atoms with Crippen LogP contribution in [0, 0.1) is 13.8 Å². The lowest BCUT2D eigenvalue weighted by Gasteiger charge is -2.13. The van der Waals surface area contributed by atoms with Gasteiger partial charge in [0.25, 0.3) is 0 Å². The Morgan fingerprint density at radius 1 is 0.864 bits per heavy atom. The van der Waals surface area contributed by atoms with E-state index in [4.69, 9.17) is 23.2 Å². The normalized spacial score (nSPS) is 10.8. The quantitative estimate of drug-likeness (QED) is 0.366. The Morgan fingerprint density at radius 3 is 1.55 bits per heavy atom. The topological polar surface area (TPSA) is 17.1 Å². The van der Waals surface area contributed by atoms with Gasteiger partial charge in [-0.3, -0.25) is 4.79 Å². The Balaban J connectivity index is 2.54. The molecule has 2 rings (SSSR count). The summed E-state index contributed by atoms with van der Waals surface area (Å²) in [6.45, 7) is 3.73. The Morgan fingerprint density at radius 2 is 1.23 bits per heavy atom. The highest BCUT2D eigenvalue weighted by atomic mass is 79.9. The fourth-order valence-corrected chi connectivity index (χ4v) is 4.05. The van der Waals surface area contributed by atoms with E-state index < -0.39 is 0 Å². The molecule has 0 atom stereocenters. The van der Waals surface area contributed by atoms with Gasteiger partial charge in [-0.05, 0) is 36.1 Å². The van der Waals surface area contributed by atoms with E-state index in [1.165, 1.54) is 0 Å². The molecule has 2 aromatic rings. The average Bonchev–Trinajstić information content (AvgIpc) is 2.52. The number of benzene rings is 2. The molecule has 22 heavy (non-hydrogen) atoms. The summed E-state index contributed by atoms with van der Waals surface area (Å²) in [6, 6.07) is 7.40. The fraction of sp³-hybridized carbons (Fsp3) is 0.235. The van der Waals surface area contributed by atoms with Gasteiger partial charge in [0.2, 0.25) is 0 Å². The van der Waals surface area contributed by atoms with Crippen molar-refractivity contribution < 1.29 is 4.79 Å². The Labute approximate surface area is 157 Å². The maximum Gasteiger partial charge on any atom is 0.193 e. The molecule has 0 heterocycles. The molecule has 0 spiro atoms. The maximum absolute atomic E-state index is 12.9. The molecule has 0 radical (unpaired) electrons. The van der Waals surface area contributed by atoms with Gasteiger partial charge in [-0.15, -0.1) is 0 Å². The van der Waals surface area contributed by atoms with Gasteiger partial charge in [0, 0.05) is 31.8 Å². The Hall–Kier alpha value is -0.350. The summed E-state index contributed by atoms with van der Waals surface area (Å²) in [7, 11) is 0. The molecule has 0 aromatic heterocycles. The van der Waals surface area contributed by atoms with E-state index >= 15 is 0 Å². The molecule has 0 N–H and O–H groups in total. The predicted molar refractivity (Wildman–Crippen MR) is 101 cm³/mol. The van der Waals surface area contributed by atoms with Crippen LogP contribution in [0.3, 0.4) is 0 Å². The molecular formula is C17H14Br2Cl2O. The summed E-state index contributed by atoms with van der Waals surface area (Å²) in [6.07, 6.45) is 0. The van der Waals surface area contributed by atoms with Crippen LogP contribution in [-0.2, 0) is 10.7 Å². The third kappa shape index (κ3) is 3.28. The van der Waals surface area contributed by atoms with Crippen molar-refractivity contribution in [2.24, 2.45) is 0 Å². The highest BCUT2D eigenvalue weighted by molar-refractivity contribution is 9.08. The second kappa shape index (κ2) is 7.48. The first-order chi connectivity index (χ1) is 10.4. The minimum atomic E-state index is -0.0546. The van der Waals surface area contributed by atoms with E-state index in [0.717, 1.165) is 22.3 Å². The molecule has 0 bridgehead atoms. The summed E-state index contributed by atoms with van der Waals surface area (Å²) < 4.78 is 0. The van der Waals surface area contributed by atoms with Crippen molar-refractivity contribution in [3.63, 3.8) is 0 Å². The Kier molecular flexibility index (Phi) is 6.12. The maximum atomic E-state index is 12.9. The van der Waals surface area contributed by atoms with Crippen molar-refractivity contribution >= 4 is 60.8 Å². The molecular weight excluding hydrogens is 451 g/mol. The van der Waals surface area contributed by atoms with E-state index in [0.29, 0.717) is 31.8 Å². The lowest BCUT2D eigenvalue weighted by Crippen LogP contribution is -2.08. The van der Waals surface area contributed by atoms with Crippen molar-refractivity contribution in [1.82, 2.24) is 0 Å². The van der Waals surface area contributed by atoms with Gasteiger partial charge < -0.3 is 0 Å². The first-order valence-electron chi connectivity index (χ1n) is 6.65. The summed E-state index contributed by atoms with van der Waals surface area (Å²) in [4.78, 5) is 12.9. The number of ketones is 1. The Bertz CT molecular complexity index is 680.